The zero-order valence-electron chi connectivity index (χ0n) is 15.5. The second kappa shape index (κ2) is 10.3. The van der Waals surface area contributed by atoms with Gasteiger partial charge in [0.05, 0.1) is 11.3 Å². The minimum absolute atomic E-state index is 0.0118. The number of amides is 1. The van der Waals surface area contributed by atoms with Gasteiger partial charge in [-0.15, -0.1) is 0 Å². The van der Waals surface area contributed by atoms with E-state index >= 15 is 0 Å². The van der Waals surface area contributed by atoms with E-state index in [9.17, 15) is 4.79 Å². The zero-order chi connectivity index (χ0) is 18.9. The first kappa shape index (κ1) is 20.5. The molecule has 2 aromatic carbocycles. The largest absolute Gasteiger partial charge is 0.358 e. The maximum absolute atomic E-state index is 12.8. The van der Waals surface area contributed by atoms with Crippen molar-refractivity contribution in [3.05, 3.63) is 71.8 Å². The quantitative estimate of drug-likeness (QED) is 0.703. The molecular formula is C21H26N2OS2. The Kier molecular flexibility index (Phi) is 8.13. The van der Waals surface area contributed by atoms with Gasteiger partial charge < -0.3 is 10.2 Å². The van der Waals surface area contributed by atoms with E-state index in [1.165, 1.54) is 11.8 Å². The van der Waals surface area contributed by atoms with Crippen LogP contribution in [-0.2, 0) is 4.79 Å². The van der Waals surface area contributed by atoms with Crippen LogP contribution in [0.1, 0.15) is 37.9 Å². The highest BCUT2D eigenvalue weighted by atomic mass is 32.2. The first-order valence-electron chi connectivity index (χ1n) is 8.92. The van der Waals surface area contributed by atoms with Crippen molar-refractivity contribution in [3.63, 3.8) is 0 Å². The van der Waals surface area contributed by atoms with E-state index in [2.05, 4.69) is 24.1 Å². The van der Waals surface area contributed by atoms with Gasteiger partial charge in [-0.2, -0.15) is 0 Å². The Morgan fingerprint density at radius 2 is 1.46 bits per heavy atom. The predicted molar refractivity (Wildman–Crippen MR) is 115 cm³/mol. The summed E-state index contributed by atoms with van der Waals surface area (Å²) < 4.78 is 0.772. The van der Waals surface area contributed by atoms with Crippen molar-refractivity contribution >= 4 is 34.2 Å². The zero-order valence-corrected chi connectivity index (χ0v) is 17.1. The van der Waals surface area contributed by atoms with Crippen LogP contribution in [0.15, 0.2) is 60.7 Å². The van der Waals surface area contributed by atoms with Gasteiger partial charge in [0.15, 0.2) is 0 Å². The predicted octanol–water partition coefficient (Wildman–Crippen LogP) is 4.64. The van der Waals surface area contributed by atoms with Crippen LogP contribution < -0.4 is 5.32 Å². The van der Waals surface area contributed by atoms with Crippen LogP contribution in [0, 0.1) is 0 Å². The van der Waals surface area contributed by atoms with E-state index in [0.717, 1.165) is 28.5 Å². The Morgan fingerprint density at radius 1 is 1.00 bits per heavy atom. The fraction of sp³-hybridized carbons (Fsp3) is 0.333. The Balaban J connectivity index is 2.13. The van der Waals surface area contributed by atoms with Crippen molar-refractivity contribution < 1.29 is 4.79 Å². The average Bonchev–Trinajstić information content (AvgIpc) is 2.68. The fourth-order valence-corrected chi connectivity index (χ4v) is 4.25. The molecule has 0 spiro atoms. The number of thiocarbonyl (C=S) groups is 1. The highest BCUT2D eigenvalue weighted by molar-refractivity contribution is 8.23. The molecular weight excluding hydrogens is 360 g/mol. The van der Waals surface area contributed by atoms with Crippen molar-refractivity contribution in [1.82, 2.24) is 10.2 Å². The number of nitrogens with zero attached hydrogens (tertiary/aromatic N) is 1. The number of thioether (sulfide) groups is 1. The molecule has 3 nitrogen and oxygen atoms in total. The molecule has 0 aromatic heterocycles. The molecule has 26 heavy (non-hydrogen) atoms. The van der Waals surface area contributed by atoms with E-state index in [4.69, 9.17) is 12.2 Å². The second-order valence-corrected chi connectivity index (χ2v) is 7.94. The summed E-state index contributed by atoms with van der Waals surface area (Å²) in [4.78, 5) is 14.9. The molecule has 0 aliphatic carbocycles. The van der Waals surface area contributed by atoms with Gasteiger partial charge in [0.2, 0.25) is 5.91 Å². The summed E-state index contributed by atoms with van der Waals surface area (Å²) in [5, 5.41) is 2.94. The summed E-state index contributed by atoms with van der Waals surface area (Å²) in [6, 6.07) is 19.9. The van der Waals surface area contributed by atoms with Crippen molar-refractivity contribution in [1.29, 1.82) is 0 Å². The molecule has 0 saturated carbocycles. The van der Waals surface area contributed by atoms with Crippen molar-refractivity contribution in [2.45, 2.75) is 32.1 Å². The number of hydrogen-bond acceptors (Lipinski definition) is 3. The van der Waals surface area contributed by atoms with Crippen molar-refractivity contribution in [3.8, 4) is 0 Å². The van der Waals surface area contributed by atoms with Gasteiger partial charge in [-0.1, -0.05) is 84.6 Å². The van der Waals surface area contributed by atoms with Crippen LogP contribution in [0.2, 0.25) is 0 Å². The topological polar surface area (TPSA) is 32.3 Å². The van der Waals surface area contributed by atoms with Crippen LogP contribution >= 0.6 is 24.0 Å². The minimum Gasteiger partial charge on any atom is -0.358 e. The molecule has 0 bridgehead atoms. The first-order chi connectivity index (χ1) is 12.6. The SMILES string of the molecule is CCN(CC)C(=S)S[C@@H](C)C(=O)NC(c1ccccc1)c1ccccc1. The van der Waals surface area contributed by atoms with Crippen LogP contribution in [0.5, 0.6) is 0 Å². The van der Waals surface area contributed by atoms with Crippen molar-refractivity contribution in [2.75, 3.05) is 13.1 Å². The molecule has 0 aliphatic heterocycles. The number of hydrogen-bond donors (Lipinski definition) is 1. The maximum atomic E-state index is 12.8. The van der Waals surface area contributed by atoms with Gasteiger partial charge in [-0.05, 0) is 31.9 Å². The molecule has 1 atom stereocenters. The van der Waals surface area contributed by atoms with Gasteiger partial charge in [-0.3, -0.25) is 4.79 Å². The standard InChI is InChI=1S/C21H26N2OS2/c1-4-23(5-2)21(25)26-16(3)20(24)22-19(17-12-8-6-9-13-17)18-14-10-7-11-15-18/h6-16,19H,4-5H2,1-3H3,(H,22,24)/t16-/m0/s1. The van der Waals surface area contributed by atoms with E-state index in [0.29, 0.717) is 0 Å². The van der Waals surface area contributed by atoms with Gasteiger partial charge in [-0.25, -0.2) is 0 Å². The van der Waals surface area contributed by atoms with Gasteiger partial charge >= 0.3 is 0 Å². The van der Waals surface area contributed by atoms with Crippen LogP contribution in [-0.4, -0.2) is 33.5 Å². The fourth-order valence-electron chi connectivity index (χ4n) is 2.67. The molecule has 1 amide bonds. The number of carbonyl (C=O) groups excluding carboxylic acids is 1. The first-order valence-corrected chi connectivity index (χ1v) is 10.2. The summed E-state index contributed by atoms with van der Waals surface area (Å²) >= 11 is 6.92. The highest BCUT2D eigenvalue weighted by Crippen LogP contribution is 2.23. The van der Waals surface area contributed by atoms with Crippen LogP contribution in [0.3, 0.4) is 0 Å². The Bertz CT molecular complexity index is 663. The van der Waals surface area contributed by atoms with Crippen LogP contribution in [0.4, 0.5) is 0 Å². The summed E-state index contributed by atoms with van der Waals surface area (Å²) in [6.07, 6.45) is 0. The number of benzene rings is 2. The number of rotatable bonds is 7. The van der Waals surface area contributed by atoms with E-state index in [1.807, 2.05) is 67.6 Å². The van der Waals surface area contributed by atoms with E-state index in [-0.39, 0.29) is 17.2 Å². The number of nitrogens with one attached hydrogen (secondary N) is 1. The number of carbonyl (C=O) groups is 1. The summed E-state index contributed by atoms with van der Waals surface area (Å²) in [6.45, 7) is 7.76. The maximum Gasteiger partial charge on any atom is 0.234 e. The molecule has 2 rings (SSSR count). The Hall–Kier alpha value is -1.85. The molecule has 0 aliphatic rings. The summed E-state index contributed by atoms with van der Waals surface area (Å²) in [7, 11) is 0. The van der Waals surface area contributed by atoms with Crippen LogP contribution in [0.25, 0.3) is 0 Å². The highest BCUT2D eigenvalue weighted by Gasteiger charge is 2.22. The second-order valence-electron chi connectivity index (χ2n) is 5.96. The molecule has 0 radical (unpaired) electrons. The lowest BCUT2D eigenvalue weighted by atomic mass is 9.98. The lowest BCUT2D eigenvalue weighted by Gasteiger charge is -2.25. The molecule has 1 N–H and O–H groups in total. The lowest BCUT2D eigenvalue weighted by Crippen LogP contribution is -2.37. The molecule has 2 aromatic rings. The lowest BCUT2D eigenvalue weighted by molar-refractivity contribution is -0.120. The molecule has 0 fully saturated rings. The molecule has 0 unspecified atom stereocenters. The summed E-state index contributed by atoms with van der Waals surface area (Å²) in [5.74, 6) is -0.0118. The Morgan fingerprint density at radius 3 is 1.88 bits per heavy atom. The third kappa shape index (κ3) is 5.58. The average molecular weight is 387 g/mol. The van der Waals surface area contributed by atoms with Crippen molar-refractivity contribution in [2.24, 2.45) is 0 Å². The molecule has 0 heterocycles. The summed E-state index contributed by atoms with van der Waals surface area (Å²) in [5.41, 5.74) is 2.13. The normalized spacial score (nSPS) is 11.8. The van der Waals surface area contributed by atoms with E-state index < -0.39 is 0 Å². The monoisotopic (exact) mass is 386 g/mol. The third-order valence-electron chi connectivity index (χ3n) is 4.22. The van der Waals surface area contributed by atoms with Gasteiger partial charge in [0, 0.05) is 13.1 Å². The molecule has 138 valence electrons. The van der Waals surface area contributed by atoms with Gasteiger partial charge in [0.25, 0.3) is 0 Å². The molecule has 5 heteroatoms. The minimum atomic E-state index is -0.252. The molecule has 0 saturated heterocycles. The smallest absolute Gasteiger partial charge is 0.234 e. The van der Waals surface area contributed by atoms with Gasteiger partial charge in [0.1, 0.15) is 4.32 Å². The third-order valence-corrected chi connectivity index (χ3v) is 5.80. The Labute approximate surface area is 166 Å². The van der Waals surface area contributed by atoms with E-state index in [1.54, 1.807) is 0 Å².